The topological polar surface area (TPSA) is 46.6 Å². The van der Waals surface area contributed by atoms with Gasteiger partial charge in [0.2, 0.25) is 0 Å². The Labute approximate surface area is 155 Å². The first-order valence-electron chi connectivity index (χ1n) is 8.26. The Kier molecular flexibility index (Phi) is 6.25. The van der Waals surface area contributed by atoms with Gasteiger partial charge in [0, 0.05) is 19.2 Å². The molecule has 0 bridgehead atoms. The van der Waals surface area contributed by atoms with E-state index in [0.29, 0.717) is 16.9 Å². The summed E-state index contributed by atoms with van der Waals surface area (Å²) in [5.74, 6) is -0.0477. The zero-order valence-corrected chi connectivity index (χ0v) is 15.2. The number of carbonyl (C=O) groups excluding carboxylic acids is 2. The average molecular weight is 379 g/mol. The molecule has 144 valence electrons. The Morgan fingerprint density at radius 2 is 1.74 bits per heavy atom. The van der Waals surface area contributed by atoms with Crippen LogP contribution in [0.25, 0.3) is 0 Å². The van der Waals surface area contributed by atoms with Crippen LogP contribution in [0.15, 0.2) is 48.5 Å². The van der Waals surface area contributed by atoms with E-state index < -0.39 is 17.8 Å². The molecule has 2 rings (SSSR count). The van der Waals surface area contributed by atoms with Crippen molar-refractivity contribution in [1.29, 1.82) is 0 Å². The summed E-state index contributed by atoms with van der Waals surface area (Å²) in [5.41, 5.74) is 0.317. The molecule has 0 aromatic heterocycles. The van der Waals surface area contributed by atoms with E-state index in [9.17, 15) is 22.8 Å². The largest absolute Gasteiger partial charge is 0.481 e. The summed E-state index contributed by atoms with van der Waals surface area (Å²) < 4.78 is 43.4. The number of nitrogens with zero attached hydrogens (tertiary/aromatic N) is 1. The molecule has 2 aromatic rings. The van der Waals surface area contributed by atoms with E-state index in [1.807, 2.05) is 0 Å². The lowest BCUT2D eigenvalue weighted by atomic mass is 10.1. The lowest BCUT2D eigenvalue weighted by Gasteiger charge is -2.22. The van der Waals surface area contributed by atoms with E-state index in [-0.39, 0.29) is 18.2 Å². The van der Waals surface area contributed by atoms with Crippen molar-refractivity contribution in [1.82, 2.24) is 4.90 Å². The van der Waals surface area contributed by atoms with E-state index in [1.165, 1.54) is 24.0 Å². The molecule has 0 N–H and O–H groups in total. The maximum Gasteiger partial charge on any atom is 0.416 e. The highest BCUT2D eigenvalue weighted by Gasteiger charge is 2.30. The highest BCUT2D eigenvalue weighted by atomic mass is 19.4. The molecule has 0 aliphatic heterocycles. The quantitative estimate of drug-likeness (QED) is 0.702. The predicted octanol–water partition coefficient (Wildman–Crippen LogP) is 4.33. The van der Waals surface area contributed by atoms with E-state index >= 15 is 0 Å². The Hall–Kier alpha value is -2.83. The van der Waals surface area contributed by atoms with Crippen molar-refractivity contribution >= 4 is 11.7 Å². The van der Waals surface area contributed by atoms with Gasteiger partial charge in [-0.1, -0.05) is 24.3 Å². The number of ketones is 1. The van der Waals surface area contributed by atoms with Crippen LogP contribution in [0.4, 0.5) is 13.2 Å². The van der Waals surface area contributed by atoms with E-state index in [0.717, 1.165) is 12.1 Å². The fourth-order valence-electron chi connectivity index (χ4n) is 2.50. The van der Waals surface area contributed by atoms with Gasteiger partial charge < -0.3 is 9.64 Å². The van der Waals surface area contributed by atoms with Crippen molar-refractivity contribution in [3.63, 3.8) is 0 Å². The molecule has 1 atom stereocenters. The molecule has 7 heteroatoms. The minimum absolute atomic E-state index is 0.112. The second-order valence-corrected chi connectivity index (χ2v) is 6.23. The van der Waals surface area contributed by atoms with Gasteiger partial charge in [-0.15, -0.1) is 0 Å². The number of halogens is 3. The standard InChI is InChI=1S/C20H20F3NO3/c1-13(25)16-5-4-6-18(11-16)27-14(2)19(26)24(3)12-15-7-9-17(10-8-15)20(21,22)23/h4-11,14H,12H2,1-3H3. The number of amides is 1. The molecular weight excluding hydrogens is 359 g/mol. The molecular formula is C20H20F3NO3. The smallest absolute Gasteiger partial charge is 0.416 e. The number of ether oxygens (including phenoxy) is 1. The van der Waals surface area contributed by atoms with Crippen LogP contribution < -0.4 is 4.74 Å². The monoisotopic (exact) mass is 379 g/mol. The molecule has 2 aromatic carbocycles. The summed E-state index contributed by atoms with van der Waals surface area (Å²) in [6, 6.07) is 11.2. The maximum absolute atomic E-state index is 12.6. The summed E-state index contributed by atoms with van der Waals surface area (Å²) in [5, 5.41) is 0. The van der Waals surface area contributed by atoms with Crippen LogP contribution >= 0.6 is 0 Å². The average Bonchev–Trinajstić information content (AvgIpc) is 2.60. The Morgan fingerprint density at radius 1 is 1.11 bits per heavy atom. The minimum atomic E-state index is -4.39. The molecule has 0 spiro atoms. The summed E-state index contributed by atoms with van der Waals surface area (Å²) in [6.45, 7) is 3.16. The molecule has 0 saturated carbocycles. The molecule has 0 radical (unpaired) electrons. The van der Waals surface area contributed by atoms with Crippen molar-refractivity contribution in [2.24, 2.45) is 0 Å². The first-order valence-corrected chi connectivity index (χ1v) is 8.26. The minimum Gasteiger partial charge on any atom is -0.481 e. The summed E-state index contributed by atoms with van der Waals surface area (Å²) in [4.78, 5) is 25.2. The van der Waals surface area contributed by atoms with Crippen LogP contribution in [0.1, 0.15) is 35.3 Å². The fourth-order valence-corrected chi connectivity index (χ4v) is 2.50. The normalized spacial score (nSPS) is 12.4. The summed E-state index contributed by atoms with van der Waals surface area (Å²) in [6.07, 6.45) is -5.21. The molecule has 1 amide bonds. The lowest BCUT2D eigenvalue weighted by Crippen LogP contribution is -2.37. The van der Waals surface area contributed by atoms with Crippen LogP contribution in [-0.2, 0) is 17.5 Å². The van der Waals surface area contributed by atoms with Gasteiger partial charge in [0.15, 0.2) is 11.9 Å². The SMILES string of the molecule is CC(=O)c1cccc(OC(C)C(=O)N(C)Cc2ccc(C(F)(F)F)cc2)c1. The first kappa shape index (κ1) is 20.5. The third-order valence-corrected chi connectivity index (χ3v) is 3.98. The van der Waals surface area contributed by atoms with Gasteiger partial charge in [-0.25, -0.2) is 0 Å². The number of Topliss-reactive ketones (excluding diaryl/α,β-unsaturated/α-hetero) is 1. The van der Waals surface area contributed by atoms with Crippen molar-refractivity contribution in [2.45, 2.75) is 32.7 Å². The summed E-state index contributed by atoms with van der Waals surface area (Å²) >= 11 is 0. The van der Waals surface area contributed by atoms with Crippen LogP contribution in [0.5, 0.6) is 5.75 Å². The zero-order chi connectivity index (χ0) is 20.2. The molecule has 1 unspecified atom stereocenters. The first-order chi connectivity index (χ1) is 12.6. The highest BCUT2D eigenvalue weighted by molar-refractivity contribution is 5.94. The van der Waals surface area contributed by atoms with Gasteiger partial charge in [0.05, 0.1) is 5.56 Å². The zero-order valence-electron chi connectivity index (χ0n) is 15.2. The van der Waals surface area contributed by atoms with Crippen LogP contribution in [0.2, 0.25) is 0 Å². The van der Waals surface area contributed by atoms with E-state index in [2.05, 4.69) is 0 Å². The Bertz CT molecular complexity index is 816. The van der Waals surface area contributed by atoms with Gasteiger partial charge in [0.25, 0.3) is 5.91 Å². The maximum atomic E-state index is 12.6. The Balaban J connectivity index is 1.99. The van der Waals surface area contributed by atoms with Crippen LogP contribution in [0.3, 0.4) is 0 Å². The predicted molar refractivity (Wildman–Crippen MR) is 94.5 cm³/mol. The van der Waals surface area contributed by atoms with Gasteiger partial charge in [-0.2, -0.15) is 13.2 Å². The van der Waals surface area contributed by atoms with Gasteiger partial charge in [0.1, 0.15) is 5.75 Å². The van der Waals surface area contributed by atoms with Crippen molar-refractivity contribution in [2.75, 3.05) is 7.05 Å². The van der Waals surface area contributed by atoms with Crippen molar-refractivity contribution in [3.05, 3.63) is 65.2 Å². The number of alkyl halides is 3. The number of hydrogen-bond acceptors (Lipinski definition) is 3. The van der Waals surface area contributed by atoms with E-state index in [1.54, 1.807) is 38.2 Å². The van der Waals surface area contributed by atoms with Crippen molar-refractivity contribution in [3.8, 4) is 5.75 Å². The highest BCUT2D eigenvalue weighted by Crippen LogP contribution is 2.29. The van der Waals surface area contributed by atoms with Gasteiger partial charge in [-0.3, -0.25) is 9.59 Å². The van der Waals surface area contributed by atoms with Gasteiger partial charge in [-0.05, 0) is 43.7 Å². The van der Waals surface area contributed by atoms with Crippen LogP contribution in [0, 0.1) is 0 Å². The number of hydrogen-bond donors (Lipinski definition) is 0. The number of likely N-dealkylation sites (N-methyl/N-ethyl adjacent to an activating group) is 1. The molecule has 0 aliphatic carbocycles. The van der Waals surface area contributed by atoms with E-state index in [4.69, 9.17) is 4.74 Å². The third kappa shape index (κ3) is 5.57. The number of benzene rings is 2. The molecule has 0 heterocycles. The second-order valence-electron chi connectivity index (χ2n) is 6.23. The molecule has 0 saturated heterocycles. The Morgan fingerprint density at radius 3 is 2.30 bits per heavy atom. The molecule has 0 fully saturated rings. The number of rotatable bonds is 6. The summed E-state index contributed by atoms with van der Waals surface area (Å²) in [7, 11) is 1.55. The van der Waals surface area contributed by atoms with Crippen LogP contribution in [-0.4, -0.2) is 29.7 Å². The third-order valence-electron chi connectivity index (χ3n) is 3.98. The molecule has 0 aliphatic rings. The lowest BCUT2D eigenvalue weighted by molar-refractivity contribution is -0.138. The van der Waals surface area contributed by atoms with Crippen molar-refractivity contribution < 1.29 is 27.5 Å². The molecule has 27 heavy (non-hydrogen) atoms. The number of carbonyl (C=O) groups is 2. The fraction of sp³-hybridized carbons (Fsp3) is 0.300. The second kappa shape index (κ2) is 8.24. The molecule has 4 nitrogen and oxygen atoms in total. The van der Waals surface area contributed by atoms with Gasteiger partial charge >= 0.3 is 6.18 Å².